The van der Waals surface area contributed by atoms with E-state index in [4.69, 9.17) is 9.84 Å². The number of esters is 1. The Bertz CT molecular complexity index is 687. The van der Waals surface area contributed by atoms with Crippen molar-refractivity contribution in [3.63, 3.8) is 0 Å². The number of methoxy groups -OCH3 is 1. The Balaban J connectivity index is 2.39. The van der Waals surface area contributed by atoms with Crippen molar-refractivity contribution in [3.8, 4) is 0 Å². The number of ether oxygens (including phenoxy) is 1. The lowest BCUT2D eigenvalue weighted by molar-refractivity contribution is -0.161. The van der Waals surface area contributed by atoms with Crippen LogP contribution in [0.5, 0.6) is 0 Å². The Morgan fingerprint density at radius 3 is 1.67 bits per heavy atom. The third-order valence-electron chi connectivity index (χ3n) is 10.8. The summed E-state index contributed by atoms with van der Waals surface area (Å²) in [5, 5.41) is 12.6. The number of carbonyl (C=O) groups excluding carboxylic acids is 1. The lowest BCUT2D eigenvalue weighted by Gasteiger charge is -2.43. The van der Waals surface area contributed by atoms with Crippen LogP contribution in [-0.4, -0.2) is 37.2 Å². The smallest absolute Gasteiger partial charge is 0.312 e. The fraction of sp³-hybridized carbons (Fsp3) is 0.946. The fourth-order valence-electron chi connectivity index (χ4n) is 7.24. The Labute approximate surface area is 261 Å². The van der Waals surface area contributed by atoms with E-state index in [1.54, 1.807) is 0 Å². The van der Waals surface area contributed by atoms with E-state index in [2.05, 4.69) is 33.0 Å². The Morgan fingerprint density at radius 1 is 0.738 bits per heavy atom. The van der Waals surface area contributed by atoms with Crippen LogP contribution >= 0.6 is 0 Å². The Kier molecular flexibility index (Phi) is 21.6. The van der Waals surface area contributed by atoms with Crippen LogP contribution in [0.15, 0.2) is 0 Å². The van der Waals surface area contributed by atoms with Gasteiger partial charge in [-0.1, -0.05) is 124 Å². The van der Waals surface area contributed by atoms with Gasteiger partial charge in [0.15, 0.2) is 0 Å². The molecule has 0 aromatic rings. The second-order valence-electron chi connectivity index (χ2n) is 14.4. The number of hydrogen-bond acceptors (Lipinski definition) is 4. The molecule has 0 aromatic heterocycles. The number of unbranched alkanes of at least 4 members (excludes halogenated alkanes) is 15. The summed E-state index contributed by atoms with van der Waals surface area (Å²) < 4.78 is 5.38. The minimum absolute atomic E-state index is 0.0715. The van der Waals surface area contributed by atoms with Crippen molar-refractivity contribution in [3.05, 3.63) is 0 Å². The Hall–Kier alpha value is -1.10. The number of piperidine rings is 1. The summed E-state index contributed by atoms with van der Waals surface area (Å²) in [6.45, 7) is 11.0. The summed E-state index contributed by atoms with van der Waals surface area (Å²) in [6.07, 6.45) is 28.8. The van der Waals surface area contributed by atoms with Gasteiger partial charge in [-0.05, 0) is 82.2 Å². The van der Waals surface area contributed by atoms with E-state index in [1.165, 1.54) is 116 Å². The molecule has 0 saturated carbocycles. The van der Waals surface area contributed by atoms with Crippen molar-refractivity contribution in [2.75, 3.05) is 20.2 Å². The summed E-state index contributed by atoms with van der Waals surface area (Å²) in [5.74, 6) is 0.415. The maximum absolute atomic E-state index is 13.2. The van der Waals surface area contributed by atoms with Gasteiger partial charge in [0.25, 0.3) is 0 Å². The maximum atomic E-state index is 13.2. The minimum atomic E-state index is -0.698. The van der Waals surface area contributed by atoms with E-state index in [-0.39, 0.29) is 17.8 Å². The first-order chi connectivity index (χ1) is 20.2. The highest BCUT2D eigenvalue weighted by Gasteiger charge is 2.47. The van der Waals surface area contributed by atoms with Gasteiger partial charge in [0.05, 0.1) is 12.5 Å². The fourth-order valence-corrected chi connectivity index (χ4v) is 7.24. The average Bonchev–Trinajstić information content (AvgIpc) is 2.98. The predicted octanol–water partition coefficient (Wildman–Crippen LogP) is 10.5. The van der Waals surface area contributed by atoms with E-state index in [0.717, 1.165) is 51.6 Å². The lowest BCUT2D eigenvalue weighted by atomic mass is 9.61. The third kappa shape index (κ3) is 16.1. The molecule has 0 spiro atoms. The van der Waals surface area contributed by atoms with Crippen LogP contribution < -0.4 is 5.32 Å². The van der Waals surface area contributed by atoms with Gasteiger partial charge < -0.3 is 15.2 Å². The summed E-state index contributed by atoms with van der Waals surface area (Å²) in [7, 11) is 1.54. The number of nitrogens with one attached hydrogen (secondary N) is 1. The molecule has 0 aliphatic carbocycles. The number of aliphatic carboxylic acids is 1. The van der Waals surface area contributed by atoms with Crippen molar-refractivity contribution in [1.29, 1.82) is 0 Å². The molecule has 2 unspecified atom stereocenters. The van der Waals surface area contributed by atoms with Crippen LogP contribution in [-0.2, 0) is 14.3 Å². The molecule has 42 heavy (non-hydrogen) atoms. The first kappa shape index (κ1) is 38.9. The molecule has 1 aliphatic rings. The SMILES string of the molecule is CCCCCCCCCCCCCCCCCCC(C)(C(=O)OC)C(C)(C)CCC(CCCC(=O)O)C1CCNCC1. The number of carboxylic acid groups (broad SMARTS) is 1. The van der Waals surface area contributed by atoms with Crippen molar-refractivity contribution >= 4 is 11.9 Å². The molecule has 0 radical (unpaired) electrons. The summed E-state index contributed by atoms with van der Waals surface area (Å²) in [4.78, 5) is 24.3. The molecule has 2 atom stereocenters. The monoisotopic (exact) mass is 594 g/mol. The highest BCUT2D eigenvalue weighted by molar-refractivity contribution is 5.77. The largest absolute Gasteiger partial charge is 0.481 e. The van der Waals surface area contributed by atoms with Crippen LogP contribution in [0.2, 0.25) is 0 Å². The molecule has 1 rings (SSSR count). The van der Waals surface area contributed by atoms with Gasteiger partial charge in [0.2, 0.25) is 0 Å². The molecule has 248 valence electrons. The van der Waals surface area contributed by atoms with Crippen molar-refractivity contribution in [2.45, 2.75) is 182 Å². The predicted molar refractivity (Wildman–Crippen MR) is 178 cm³/mol. The van der Waals surface area contributed by atoms with Gasteiger partial charge in [-0.2, -0.15) is 0 Å². The van der Waals surface area contributed by atoms with Gasteiger partial charge in [-0.15, -0.1) is 0 Å². The Morgan fingerprint density at radius 2 is 1.21 bits per heavy atom. The number of hydrogen-bond donors (Lipinski definition) is 2. The molecule has 1 aliphatic heterocycles. The molecule has 1 heterocycles. The number of rotatable bonds is 27. The van der Waals surface area contributed by atoms with Crippen LogP contribution in [0.1, 0.15) is 182 Å². The van der Waals surface area contributed by atoms with Crippen LogP contribution in [0, 0.1) is 22.7 Å². The van der Waals surface area contributed by atoms with Gasteiger partial charge in [0, 0.05) is 6.42 Å². The summed E-state index contributed by atoms with van der Waals surface area (Å²) >= 11 is 0. The quantitative estimate of drug-likeness (QED) is 0.0732. The molecule has 0 amide bonds. The van der Waals surface area contributed by atoms with Gasteiger partial charge in [0.1, 0.15) is 0 Å². The normalized spacial score (nSPS) is 16.7. The standard InChI is InChI=1S/C37H71NO4/c1-6-7-8-9-10-11-12-13-14-15-16-17-18-19-20-21-28-37(4,35(41)42-5)36(2,3)29-25-32(23-22-24-34(39)40)33-26-30-38-31-27-33/h32-33,38H,6-31H2,1-5H3,(H,39,40). The van der Waals surface area contributed by atoms with Crippen molar-refractivity contribution < 1.29 is 19.4 Å². The van der Waals surface area contributed by atoms with E-state index < -0.39 is 11.4 Å². The molecule has 0 aromatic carbocycles. The summed E-state index contributed by atoms with van der Waals surface area (Å²) in [6, 6.07) is 0. The van der Waals surface area contributed by atoms with Gasteiger partial charge in [-0.25, -0.2) is 0 Å². The zero-order valence-electron chi connectivity index (χ0n) is 28.7. The zero-order chi connectivity index (χ0) is 31.1. The molecule has 2 N–H and O–H groups in total. The molecular formula is C37H71NO4. The van der Waals surface area contributed by atoms with Crippen molar-refractivity contribution in [1.82, 2.24) is 5.32 Å². The minimum Gasteiger partial charge on any atom is -0.481 e. The highest BCUT2D eigenvalue weighted by Crippen LogP contribution is 2.48. The van der Waals surface area contributed by atoms with Crippen LogP contribution in [0.4, 0.5) is 0 Å². The van der Waals surface area contributed by atoms with Gasteiger partial charge in [-0.3, -0.25) is 9.59 Å². The first-order valence-corrected chi connectivity index (χ1v) is 18.2. The third-order valence-corrected chi connectivity index (χ3v) is 10.8. The number of carboxylic acids is 1. The van der Waals surface area contributed by atoms with Crippen LogP contribution in [0.25, 0.3) is 0 Å². The van der Waals surface area contributed by atoms with E-state index in [9.17, 15) is 9.59 Å². The average molecular weight is 594 g/mol. The number of carbonyl (C=O) groups is 2. The molecule has 5 nitrogen and oxygen atoms in total. The molecule has 5 heteroatoms. The zero-order valence-corrected chi connectivity index (χ0v) is 28.7. The first-order valence-electron chi connectivity index (χ1n) is 18.2. The topological polar surface area (TPSA) is 75.6 Å². The lowest BCUT2D eigenvalue weighted by Crippen LogP contribution is -2.43. The van der Waals surface area contributed by atoms with Crippen LogP contribution in [0.3, 0.4) is 0 Å². The highest BCUT2D eigenvalue weighted by atomic mass is 16.5. The second kappa shape index (κ2) is 23.3. The summed E-state index contributed by atoms with van der Waals surface area (Å²) in [5.41, 5.74) is -0.676. The molecular weight excluding hydrogens is 522 g/mol. The van der Waals surface area contributed by atoms with E-state index in [1.807, 2.05) is 0 Å². The molecule has 0 bridgehead atoms. The maximum Gasteiger partial charge on any atom is 0.312 e. The molecule has 1 fully saturated rings. The van der Waals surface area contributed by atoms with E-state index in [0.29, 0.717) is 11.8 Å². The molecule has 1 saturated heterocycles. The van der Waals surface area contributed by atoms with Gasteiger partial charge >= 0.3 is 11.9 Å². The second-order valence-corrected chi connectivity index (χ2v) is 14.4. The van der Waals surface area contributed by atoms with E-state index >= 15 is 0 Å². The van der Waals surface area contributed by atoms with Crippen molar-refractivity contribution in [2.24, 2.45) is 22.7 Å².